The first-order valence-electron chi connectivity index (χ1n) is 8.73. The van der Waals surface area contributed by atoms with Crippen molar-refractivity contribution >= 4 is 29.9 Å². The number of ether oxygens (including phenoxy) is 1. The molecule has 0 bridgehead atoms. The third kappa shape index (κ3) is 9.10. The Morgan fingerprint density at radius 3 is 2.48 bits per heavy atom. The monoisotopic (exact) mass is 440 g/mol. The van der Waals surface area contributed by atoms with Crippen LogP contribution in [0.15, 0.2) is 4.99 Å². The third-order valence-corrected chi connectivity index (χ3v) is 4.13. The van der Waals surface area contributed by atoms with Crippen LogP contribution in [0.5, 0.6) is 0 Å². The summed E-state index contributed by atoms with van der Waals surface area (Å²) in [6.07, 6.45) is 1.01. The van der Waals surface area contributed by atoms with Gasteiger partial charge >= 0.3 is 0 Å². The number of nitrogens with zero attached hydrogens (tertiary/aromatic N) is 2. The molecule has 0 aromatic heterocycles. The quantitative estimate of drug-likeness (QED) is 0.264. The molecule has 0 saturated carbocycles. The SMILES string of the molecule is CN=C(NCCCOCC(C)C)NC1CN(C(C)C)CC1C.I. The zero-order valence-electron chi connectivity index (χ0n) is 15.8. The number of likely N-dealkylation sites (tertiary alicyclic amines) is 1. The molecule has 23 heavy (non-hydrogen) atoms. The number of nitrogens with one attached hydrogen (secondary N) is 2. The summed E-state index contributed by atoms with van der Waals surface area (Å²) in [4.78, 5) is 6.86. The van der Waals surface area contributed by atoms with Crippen LogP contribution in [0.1, 0.15) is 41.0 Å². The lowest BCUT2D eigenvalue weighted by atomic mass is 10.1. The first-order chi connectivity index (χ1) is 10.4. The number of aliphatic imine (C=N–C) groups is 1. The van der Waals surface area contributed by atoms with Crippen LogP contribution in [0.4, 0.5) is 0 Å². The standard InChI is InChI=1S/C17H36N4O.HI/c1-13(2)12-22-9-7-8-19-17(18-6)20-16-11-21(14(3)4)10-15(16)5;/h13-16H,7-12H2,1-6H3,(H2,18,19,20);1H. The lowest BCUT2D eigenvalue weighted by Gasteiger charge is -2.22. The van der Waals surface area contributed by atoms with Crippen LogP contribution in [0, 0.1) is 11.8 Å². The summed E-state index contributed by atoms with van der Waals surface area (Å²) in [6, 6.07) is 1.09. The van der Waals surface area contributed by atoms with Crippen LogP contribution in [-0.2, 0) is 4.74 Å². The normalized spacial score (nSPS) is 22.5. The van der Waals surface area contributed by atoms with Gasteiger partial charge in [-0.2, -0.15) is 0 Å². The van der Waals surface area contributed by atoms with Crippen LogP contribution in [-0.4, -0.2) is 62.8 Å². The Hall–Kier alpha value is -0.0800. The molecular formula is C17H37IN4O. The highest BCUT2D eigenvalue weighted by Gasteiger charge is 2.31. The number of hydrogen-bond donors (Lipinski definition) is 2. The highest BCUT2D eigenvalue weighted by molar-refractivity contribution is 14.0. The van der Waals surface area contributed by atoms with E-state index in [-0.39, 0.29) is 24.0 Å². The van der Waals surface area contributed by atoms with Gasteiger partial charge in [0.2, 0.25) is 0 Å². The van der Waals surface area contributed by atoms with E-state index in [9.17, 15) is 0 Å². The van der Waals surface area contributed by atoms with E-state index in [0.29, 0.717) is 23.9 Å². The van der Waals surface area contributed by atoms with Gasteiger partial charge in [-0.3, -0.25) is 9.89 Å². The average Bonchev–Trinajstić information content (AvgIpc) is 2.82. The van der Waals surface area contributed by atoms with Gasteiger partial charge in [0.05, 0.1) is 0 Å². The van der Waals surface area contributed by atoms with Crippen LogP contribution in [0.3, 0.4) is 0 Å². The molecule has 1 rings (SSSR count). The Morgan fingerprint density at radius 1 is 1.26 bits per heavy atom. The van der Waals surface area contributed by atoms with E-state index in [2.05, 4.69) is 55.1 Å². The fourth-order valence-electron chi connectivity index (χ4n) is 2.68. The number of rotatable bonds is 8. The summed E-state index contributed by atoms with van der Waals surface area (Å²) >= 11 is 0. The maximum atomic E-state index is 5.59. The van der Waals surface area contributed by atoms with Crippen molar-refractivity contribution < 1.29 is 4.74 Å². The van der Waals surface area contributed by atoms with E-state index < -0.39 is 0 Å². The summed E-state index contributed by atoms with van der Waals surface area (Å²) in [5.41, 5.74) is 0. The van der Waals surface area contributed by atoms with Crippen molar-refractivity contribution in [1.29, 1.82) is 0 Å². The van der Waals surface area contributed by atoms with Gasteiger partial charge in [0.25, 0.3) is 0 Å². The molecule has 6 heteroatoms. The molecule has 1 aliphatic heterocycles. The molecule has 1 aliphatic rings. The van der Waals surface area contributed by atoms with E-state index in [1.165, 1.54) is 0 Å². The predicted octanol–water partition coefficient (Wildman–Crippen LogP) is 2.56. The Bertz CT molecular complexity index is 337. The molecule has 138 valence electrons. The molecule has 2 N–H and O–H groups in total. The van der Waals surface area contributed by atoms with Gasteiger partial charge in [0, 0.05) is 52.0 Å². The predicted molar refractivity (Wildman–Crippen MR) is 110 cm³/mol. The smallest absolute Gasteiger partial charge is 0.191 e. The Balaban J connectivity index is 0.00000484. The topological polar surface area (TPSA) is 48.9 Å². The Kier molecular flexibility index (Phi) is 12.3. The molecule has 0 radical (unpaired) electrons. The van der Waals surface area contributed by atoms with Gasteiger partial charge in [-0.05, 0) is 32.1 Å². The molecule has 0 spiro atoms. The zero-order chi connectivity index (χ0) is 16.5. The average molecular weight is 440 g/mol. The summed E-state index contributed by atoms with van der Waals surface area (Å²) in [5.74, 6) is 2.16. The number of hydrogen-bond acceptors (Lipinski definition) is 3. The molecule has 1 fully saturated rings. The minimum atomic E-state index is 0. The summed E-state index contributed by atoms with van der Waals surface area (Å²) in [5, 5.41) is 6.96. The second-order valence-electron chi connectivity index (χ2n) is 7.10. The summed E-state index contributed by atoms with van der Waals surface area (Å²) in [6.45, 7) is 16.0. The summed E-state index contributed by atoms with van der Waals surface area (Å²) in [7, 11) is 1.84. The van der Waals surface area contributed by atoms with Gasteiger partial charge in [0.1, 0.15) is 0 Å². The molecule has 1 saturated heterocycles. The van der Waals surface area contributed by atoms with Gasteiger partial charge < -0.3 is 15.4 Å². The van der Waals surface area contributed by atoms with Crippen molar-refractivity contribution in [2.24, 2.45) is 16.8 Å². The fourth-order valence-corrected chi connectivity index (χ4v) is 2.68. The first-order valence-corrected chi connectivity index (χ1v) is 8.73. The number of halogens is 1. The van der Waals surface area contributed by atoms with Gasteiger partial charge in [-0.25, -0.2) is 0 Å². The largest absolute Gasteiger partial charge is 0.381 e. The second kappa shape index (κ2) is 12.3. The molecule has 2 atom stereocenters. The third-order valence-electron chi connectivity index (χ3n) is 4.13. The van der Waals surface area contributed by atoms with Crippen molar-refractivity contribution in [3.8, 4) is 0 Å². The van der Waals surface area contributed by atoms with E-state index in [0.717, 1.165) is 45.2 Å². The fraction of sp³-hybridized carbons (Fsp3) is 0.941. The van der Waals surface area contributed by atoms with Crippen molar-refractivity contribution in [3.05, 3.63) is 0 Å². The lowest BCUT2D eigenvalue weighted by Crippen LogP contribution is -2.47. The highest BCUT2D eigenvalue weighted by atomic mass is 127. The van der Waals surface area contributed by atoms with Gasteiger partial charge in [-0.15, -0.1) is 24.0 Å². The highest BCUT2D eigenvalue weighted by Crippen LogP contribution is 2.18. The Morgan fingerprint density at radius 2 is 1.96 bits per heavy atom. The summed E-state index contributed by atoms with van der Waals surface area (Å²) < 4.78 is 5.59. The van der Waals surface area contributed by atoms with Crippen molar-refractivity contribution in [2.75, 3.05) is 39.9 Å². The van der Waals surface area contributed by atoms with Gasteiger partial charge in [-0.1, -0.05) is 20.8 Å². The molecule has 0 amide bonds. The van der Waals surface area contributed by atoms with Crippen LogP contribution in [0.25, 0.3) is 0 Å². The van der Waals surface area contributed by atoms with Crippen LogP contribution in [0.2, 0.25) is 0 Å². The molecule has 0 aromatic rings. The van der Waals surface area contributed by atoms with Crippen molar-refractivity contribution in [2.45, 2.75) is 53.1 Å². The lowest BCUT2D eigenvalue weighted by molar-refractivity contribution is 0.108. The van der Waals surface area contributed by atoms with Crippen LogP contribution >= 0.6 is 24.0 Å². The molecule has 2 unspecified atom stereocenters. The first kappa shape index (κ1) is 22.9. The van der Waals surface area contributed by atoms with E-state index in [1.807, 2.05) is 7.05 Å². The minimum absolute atomic E-state index is 0. The molecular weight excluding hydrogens is 403 g/mol. The van der Waals surface area contributed by atoms with E-state index in [4.69, 9.17) is 4.74 Å². The maximum Gasteiger partial charge on any atom is 0.191 e. The Labute approximate surface area is 160 Å². The minimum Gasteiger partial charge on any atom is -0.381 e. The molecule has 0 aromatic carbocycles. The zero-order valence-corrected chi connectivity index (χ0v) is 18.1. The second-order valence-corrected chi connectivity index (χ2v) is 7.10. The van der Waals surface area contributed by atoms with Crippen molar-refractivity contribution in [3.63, 3.8) is 0 Å². The number of guanidine groups is 1. The van der Waals surface area contributed by atoms with E-state index in [1.54, 1.807) is 0 Å². The van der Waals surface area contributed by atoms with Crippen molar-refractivity contribution in [1.82, 2.24) is 15.5 Å². The van der Waals surface area contributed by atoms with Crippen LogP contribution < -0.4 is 10.6 Å². The molecule has 0 aliphatic carbocycles. The molecule has 1 heterocycles. The van der Waals surface area contributed by atoms with Gasteiger partial charge in [0.15, 0.2) is 5.96 Å². The maximum absolute atomic E-state index is 5.59. The van der Waals surface area contributed by atoms with E-state index >= 15 is 0 Å². The molecule has 5 nitrogen and oxygen atoms in total.